The molecule has 1 aromatic rings. The molecule has 0 aromatic heterocycles. The van der Waals surface area contributed by atoms with Gasteiger partial charge in [0.2, 0.25) is 5.91 Å². The van der Waals surface area contributed by atoms with Crippen LogP contribution in [0.2, 0.25) is 0 Å². The van der Waals surface area contributed by atoms with Crippen LogP contribution in [0, 0.1) is 0 Å². The number of carboxylic acids is 1. The molecule has 1 aromatic carbocycles. The fourth-order valence-corrected chi connectivity index (χ4v) is 2.23. The van der Waals surface area contributed by atoms with Gasteiger partial charge in [0.25, 0.3) is 0 Å². The SMILES string of the molecule is CCOc1cccc(CNC(=O)C2CCC(C(=O)O)O2)c1. The van der Waals surface area contributed by atoms with Crippen LogP contribution in [0.25, 0.3) is 0 Å². The second-order valence-electron chi connectivity index (χ2n) is 4.83. The summed E-state index contributed by atoms with van der Waals surface area (Å²) in [5.74, 6) is -0.539. The smallest absolute Gasteiger partial charge is 0.332 e. The molecule has 6 heteroatoms. The third kappa shape index (κ3) is 4.19. The third-order valence-corrected chi connectivity index (χ3v) is 3.26. The molecule has 1 saturated heterocycles. The van der Waals surface area contributed by atoms with Gasteiger partial charge in [0, 0.05) is 6.54 Å². The van der Waals surface area contributed by atoms with Crippen molar-refractivity contribution >= 4 is 11.9 Å². The normalized spacial score (nSPS) is 21.0. The second-order valence-corrected chi connectivity index (χ2v) is 4.83. The van der Waals surface area contributed by atoms with Crippen molar-refractivity contribution in [3.8, 4) is 5.75 Å². The van der Waals surface area contributed by atoms with Crippen molar-refractivity contribution in [3.63, 3.8) is 0 Å². The molecule has 0 aliphatic carbocycles. The summed E-state index contributed by atoms with van der Waals surface area (Å²) >= 11 is 0. The molecule has 1 aliphatic heterocycles. The monoisotopic (exact) mass is 293 g/mol. The van der Waals surface area contributed by atoms with E-state index in [0.717, 1.165) is 11.3 Å². The predicted molar refractivity (Wildman–Crippen MR) is 75.0 cm³/mol. The number of aliphatic carboxylic acids is 1. The number of amides is 1. The summed E-state index contributed by atoms with van der Waals surface area (Å²) in [7, 11) is 0. The van der Waals surface area contributed by atoms with Gasteiger partial charge in [0.15, 0.2) is 6.10 Å². The molecule has 2 atom stereocenters. The predicted octanol–water partition coefficient (Wildman–Crippen LogP) is 1.33. The first-order chi connectivity index (χ1) is 10.1. The number of rotatable bonds is 6. The molecule has 114 valence electrons. The lowest BCUT2D eigenvalue weighted by Crippen LogP contribution is -2.35. The first kappa shape index (κ1) is 15.3. The molecule has 1 amide bonds. The molecule has 2 unspecified atom stereocenters. The number of carboxylic acid groups (broad SMARTS) is 1. The highest BCUT2D eigenvalue weighted by atomic mass is 16.5. The van der Waals surface area contributed by atoms with E-state index in [2.05, 4.69) is 5.32 Å². The minimum absolute atomic E-state index is 0.277. The highest BCUT2D eigenvalue weighted by Gasteiger charge is 2.34. The summed E-state index contributed by atoms with van der Waals surface area (Å²) in [6, 6.07) is 7.46. The van der Waals surface area contributed by atoms with Crippen molar-refractivity contribution in [1.29, 1.82) is 0 Å². The van der Waals surface area contributed by atoms with Crippen molar-refractivity contribution in [3.05, 3.63) is 29.8 Å². The van der Waals surface area contributed by atoms with Gasteiger partial charge in [-0.25, -0.2) is 4.79 Å². The highest BCUT2D eigenvalue weighted by molar-refractivity contribution is 5.82. The van der Waals surface area contributed by atoms with E-state index in [1.54, 1.807) is 0 Å². The molecule has 21 heavy (non-hydrogen) atoms. The first-order valence-electron chi connectivity index (χ1n) is 6.98. The zero-order valence-corrected chi connectivity index (χ0v) is 11.9. The Morgan fingerprint density at radius 1 is 1.38 bits per heavy atom. The lowest BCUT2D eigenvalue weighted by Gasteiger charge is -2.12. The fourth-order valence-electron chi connectivity index (χ4n) is 2.23. The molecule has 2 rings (SSSR count). The Labute approximate surface area is 123 Å². The van der Waals surface area contributed by atoms with Crippen LogP contribution in [0.5, 0.6) is 5.75 Å². The standard InChI is InChI=1S/C15H19NO5/c1-2-20-11-5-3-4-10(8-11)9-16-14(17)12-6-7-13(21-12)15(18)19/h3-5,8,12-13H,2,6-7,9H2,1H3,(H,16,17)(H,18,19). The Kier molecular flexibility index (Phi) is 5.16. The molecule has 0 bridgehead atoms. The van der Waals surface area contributed by atoms with E-state index in [0.29, 0.717) is 26.0 Å². The number of hydrogen-bond acceptors (Lipinski definition) is 4. The van der Waals surface area contributed by atoms with Gasteiger partial charge in [0.1, 0.15) is 11.9 Å². The van der Waals surface area contributed by atoms with Crippen LogP contribution in [0.1, 0.15) is 25.3 Å². The molecule has 0 radical (unpaired) electrons. The van der Waals surface area contributed by atoms with Crippen molar-refractivity contribution in [2.75, 3.05) is 6.61 Å². The summed E-state index contributed by atoms with van der Waals surface area (Å²) in [6.45, 7) is 2.85. The van der Waals surface area contributed by atoms with E-state index in [1.807, 2.05) is 31.2 Å². The third-order valence-electron chi connectivity index (χ3n) is 3.26. The minimum Gasteiger partial charge on any atom is -0.494 e. The van der Waals surface area contributed by atoms with Gasteiger partial charge in [-0.15, -0.1) is 0 Å². The van der Waals surface area contributed by atoms with Gasteiger partial charge >= 0.3 is 5.97 Å². The van der Waals surface area contributed by atoms with Crippen LogP contribution in [-0.4, -0.2) is 35.8 Å². The maximum Gasteiger partial charge on any atom is 0.332 e. The zero-order chi connectivity index (χ0) is 15.2. The lowest BCUT2D eigenvalue weighted by molar-refractivity contribution is -0.151. The quantitative estimate of drug-likeness (QED) is 0.826. The Balaban J connectivity index is 1.84. The Bertz CT molecular complexity index is 517. The van der Waals surface area contributed by atoms with E-state index in [1.165, 1.54) is 0 Å². The van der Waals surface area contributed by atoms with Gasteiger partial charge in [-0.3, -0.25) is 4.79 Å². The average molecular weight is 293 g/mol. The Morgan fingerprint density at radius 2 is 2.14 bits per heavy atom. The topological polar surface area (TPSA) is 84.9 Å². The molecule has 1 fully saturated rings. The van der Waals surface area contributed by atoms with E-state index >= 15 is 0 Å². The van der Waals surface area contributed by atoms with Crippen molar-refractivity contribution in [2.45, 2.75) is 38.5 Å². The van der Waals surface area contributed by atoms with E-state index in [9.17, 15) is 9.59 Å². The summed E-state index contributed by atoms with van der Waals surface area (Å²) in [5.41, 5.74) is 0.919. The molecule has 2 N–H and O–H groups in total. The minimum atomic E-state index is -1.02. The Morgan fingerprint density at radius 3 is 2.81 bits per heavy atom. The maximum absolute atomic E-state index is 11.9. The van der Waals surface area contributed by atoms with Gasteiger partial charge < -0.3 is 19.9 Å². The van der Waals surface area contributed by atoms with Crippen molar-refractivity contribution in [2.24, 2.45) is 0 Å². The van der Waals surface area contributed by atoms with Crippen LogP contribution < -0.4 is 10.1 Å². The summed E-state index contributed by atoms with van der Waals surface area (Å²) in [6.07, 6.45) is -0.752. The molecule has 6 nitrogen and oxygen atoms in total. The average Bonchev–Trinajstić information content (AvgIpc) is 2.96. The molecule has 0 spiro atoms. The number of ether oxygens (including phenoxy) is 2. The highest BCUT2D eigenvalue weighted by Crippen LogP contribution is 2.20. The largest absolute Gasteiger partial charge is 0.494 e. The van der Waals surface area contributed by atoms with Crippen molar-refractivity contribution in [1.82, 2.24) is 5.32 Å². The van der Waals surface area contributed by atoms with E-state index < -0.39 is 18.2 Å². The van der Waals surface area contributed by atoms with Gasteiger partial charge in [0.05, 0.1) is 6.61 Å². The van der Waals surface area contributed by atoms with E-state index in [-0.39, 0.29) is 5.91 Å². The van der Waals surface area contributed by atoms with Crippen molar-refractivity contribution < 1.29 is 24.2 Å². The molecular formula is C15H19NO5. The van der Waals surface area contributed by atoms with Gasteiger partial charge in [-0.2, -0.15) is 0 Å². The molecule has 0 saturated carbocycles. The number of benzene rings is 1. The first-order valence-corrected chi connectivity index (χ1v) is 6.98. The van der Waals surface area contributed by atoms with Gasteiger partial charge in [-0.1, -0.05) is 12.1 Å². The second kappa shape index (κ2) is 7.08. The maximum atomic E-state index is 11.9. The summed E-state index contributed by atoms with van der Waals surface area (Å²) in [5, 5.41) is 11.6. The van der Waals surface area contributed by atoms with Crippen LogP contribution in [0.3, 0.4) is 0 Å². The number of hydrogen-bond donors (Lipinski definition) is 2. The fraction of sp³-hybridized carbons (Fsp3) is 0.467. The zero-order valence-electron chi connectivity index (χ0n) is 11.9. The summed E-state index contributed by atoms with van der Waals surface area (Å²) < 4.78 is 10.6. The summed E-state index contributed by atoms with van der Waals surface area (Å²) in [4.78, 5) is 22.7. The molecule has 1 aliphatic rings. The van der Waals surface area contributed by atoms with Crippen LogP contribution in [0.15, 0.2) is 24.3 Å². The molecular weight excluding hydrogens is 274 g/mol. The molecule has 1 heterocycles. The van der Waals surface area contributed by atoms with Gasteiger partial charge in [-0.05, 0) is 37.5 Å². The number of carbonyl (C=O) groups is 2. The van der Waals surface area contributed by atoms with Crippen LogP contribution in [-0.2, 0) is 20.9 Å². The van der Waals surface area contributed by atoms with Crippen LogP contribution >= 0.6 is 0 Å². The lowest BCUT2D eigenvalue weighted by atomic mass is 10.1. The van der Waals surface area contributed by atoms with E-state index in [4.69, 9.17) is 14.6 Å². The number of carbonyl (C=O) groups excluding carboxylic acids is 1. The Hall–Kier alpha value is -2.08. The van der Waals surface area contributed by atoms with Crippen LogP contribution in [0.4, 0.5) is 0 Å². The number of nitrogens with one attached hydrogen (secondary N) is 1.